The van der Waals surface area contributed by atoms with Gasteiger partial charge in [0.2, 0.25) is 11.8 Å². The van der Waals surface area contributed by atoms with Crippen molar-refractivity contribution in [3.05, 3.63) is 36.0 Å². The fourth-order valence-electron chi connectivity index (χ4n) is 2.52. The lowest BCUT2D eigenvalue weighted by atomic mass is 10.2. The maximum Gasteiger partial charge on any atom is 0.423 e. The number of hydrogen-bond acceptors (Lipinski definition) is 6. The Morgan fingerprint density at radius 1 is 1.28 bits per heavy atom. The molecular formula is C19H22F3N3O3S. The van der Waals surface area contributed by atoms with Gasteiger partial charge in [-0.05, 0) is 66.3 Å². The smallest absolute Gasteiger partial charge is 0.423 e. The van der Waals surface area contributed by atoms with Crippen LogP contribution in [0.2, 0.25) is 0 Å². The Kier molecular flexibility index (Phi) is 5.77. The van der Waals surface area contributed by atoms with Gasteiger partial charge in [0.25, 0.3) is 0 Å². The minimum atomic E-state index is -4.70. The Labute approximate surface area is 167 Å². The number of anilines is 2. The Morgan fingerprint density at radius 3 is 2.41 bits per heavy atom. The summed E-state index contributed by atoms with van der Waals surface area (Å²) in [6, 6.07) is 6.63. The molecule has 1 aliphatic rings. The Hall–Kier alpha value is -2.33. The van der Waals surface area contributed by atoms with Crippen molar-refractivity contribution < 1.29 is 27.2 Å². The van der Waals surface area contributed by atoms with E-state index in [9.17, 15) is 22.5 Å². The highest BCUT2D eigenvalue weighted by atomic mass is 32.2. The first-order valence-electron chi connectivity index (χ1n) is 9.00. The van der Waals surface area contributed by atoms with Crippen molar-refractivity contribution >= 4 is 27.0 Å². The molecule has 0 radical (unpaired) electrons. The summed E-state index contributed by atoms with van der Waals surface area (Å²) in [7, 11) is -2.33. The van der Waals surface area contributed by atoms with E-state index in [1.807, 2.05) is 0 Å². The third kappa shape index (κ3) is 4.99. The molecule has 0 bridgehead atoms. The van der Waals surface area contributed by atoms with Crippen LogP contribution in [0.5, 0.6) is 5.88 Å². The van der Waals surface area contributed by atoms with Crippen molar-refractivity contribution in [2.75, 3.05) is 5.32 Å². The molecule has 158 valence electrons. The lowest BCUT2D eigenvalue weighted by Crippen LogP contribution is -2.27. The maximum atomic E-state index is 13.2. The van der Waals surface area contributed by atoms with Crippen LogP contribution in [0.15, 0.2) is 35.4 Å². The summed E-state index contributed by atoms with van der Waals surface area (Å²) in [5.41, 5.74) is -0.624. The van der Waals surface area contributed by atoms with E-state index < -0.39 is 39.3 Å². The number of aliphatic hydroxyl groups excluding tert-OH is 1. The van der Waals surface area contributed by atoms with Gasteiger partial charge >= 0.3 is 6.18 Å². The van der Waals surface area contributed by atoms with Crippen LogP contribution in [0.3, 0.4) is 0 Å². The zero-order chi connectivity index (χ0) is 21.4. The number of nitrogens with one attached hydrogen (secondary N) is 1. The van der Waals surface area contributed by atoms with E-state index in [1.54, 1.807) is 24.3 Å². The maximum absolute atomic E-state index is 13.2. The van der Waals surface area contributed by atoms with E-state index in [0.29, 0.717) is 16.8 Å². The molecule has 6 nitrogen and oxygen atoms in total. The molecule has 0 saturated heterocycles. The predicted molar refractivity (Wildman–Crippen MR) is 105 cm³/mol. The standard InChI is InChI=1S/C19H22F3N3O3S/c1-11(26)12(2)28-17-16(19(20,21)22)10-23-18(25-17)24-13-4-6-14(7-5-13)29(3,27)15-8-9-15/h4-7,10-12,15,26H,3,8-9H2,1-2H3,(H,23,24,25)/t11-,12-,29?/m1/s1. The van der Waals surface area contributed by atoms with Crippen LogP contribution >= 0.6 is 0 Å². The van der Waals surface area contributed by atoms with E-state index in [0.717, 1.165) is 12.8 Å². The molecule has 29 heavy (non-hydrogen) atoms. The van der Waals surface area contributed by atoms with Crippen LogP contribution in [0.4, 0.5) is 24.8 Å². The molecule has 1 fully saturated rings. The molecule has 10 heteroatoms. The summed E-state index contributed by atoms with van der Waals surface area (Å²) in [5.74, 6) is 3.07. The Bertz CT molecular complexity index is 972. The van der Waals surface area contributed by atoms with Crippen molar-refractivity contribution in [1.82, 2.24) is 9.97 Å². The number of hydrogen-bond donors (Lipinski definition) is 2. The van der Waals surface area contributed by atoms with Crippen LogP contribution in [-0.4, -0.2) is 42.6 Å². The van der Waals surface area contributed by atoms with Gasteiger partial charge in [-0.25, -0.2) is 4.98 Å². The summed E-state index contributed by atoms with van der Waals surface area (Å²) in [5, 5.41) is 12.4. The molecule has 1 heterocycles. The largest absolute Gasteiger partial charge is 0.471 e. The van der Waals surface area contributed by atoms with E-state index in [-0.39, 0.29) is 11.2 Å². The molecule has 0 amide bonds. The predicted octanol–water partition coefficient (Wildman–Crippen LogP) is 3.62. The summed E-state index contributed by atoms with van der Waals surface area (Å²) in [6.45, 7) is 2.84. The molecule has 0 aliphatic heterocycles. The average Bonchev–Trinajstić information content (AvgIpc) is 3.47. The molecule has 1 aliphatic carbocycles. The van der Waals surface area contributed by atoms with Crippen molar-refractivity contribution in [2.24, 2.45) is 0 Å². The van der Waals surface area contributed by atoms with Gasteiger partial charge in [0.15, 0.2) is 0 Å². The summed E-state index contributed by atoms with van der Waals surface area (Å²) in [4.78, 5) is 8.16. The molecule has 1 aromatic heterocycles. The van der Waals surface area contributed by atoms with Gasteiger partial charge in [-0.1, -0.05) is 0 Å². The first-order chi connectivity index (χ1) is 13.5. The minimum absolute atomic E-state index is 0.101. The molecule has 1 saturated carbocycles. The van der Waals surface area contributed by atoms with Gasteiger partial charge in [0.1, 0.15) is 11.7 Å². The first kappa shape index (κ1) is 21.4. The topological polar surface area (TPSA) is 84.3 Å². The zero-order valence-corrected chi connectivity index (χ0v) is 16.8. The highest BCUT2D eigenvalue weighted by Gasteiger charge is 2.37. The summed E-state index contributed by atoms with van der Waals surface area (Å²) < 4.78 is 57.5. The average molecular weight is 429 g/mol. The minimum Gasteiger partial charge on any atom is -0.471 e. The van der Waals surface area contributed by atoms with Gasteiger partial charge < -0.3 is 15.2 Å². The monoisotopic (exact) mass is 429 g/mol. The number of aliphatic hydroxyl groups is 1. The van der Waals surface area contributed by atoms with Crippen molar-refractivity contribution in [3.63, 3.8) is 0 Å². The van der Waals surface area contributed by atoms with Gasteiger partial charge in [-0.3, -0.25) is 4.21 Å². The summed E-state index contributed by atoms with van der Waals surface area (Å²) in [6.07, 6.45) is -4.16. The van der Waals surface area contributed by atoms with E-state index >= 15 is 0 Å². The number of rotatable bonds is 7. The van der Waals surface area contributed by atoms with Gasteiger partial charge in [0, 0.05) is 22.0 Å². The van der Waals surface area contributed by atoms with Crippen molar-refractivity contribution in [3.8, 4) is 5.88 Å². The zero-order valence-electron chi connectivity index (χ0n) is 15.9. The second-order valence-electron chi connectivity index (χ2n) is 7.05. The van der Waals surface area contributed by atoms with E-state index in [4.69, 9.17) is 4.74 Å². The highest BCUT2D eigenvalue weighted by molar-refractivity contribution is 8.01. The highest BCUT2D eigenvalue weighted by Crippen LogP contribution is 2.36. The van der Waals surface area contributed by atoms with Gasteiger partial charge in [-0.15, -0.1) is 0 Å². The quantitative estimate of drug-likeness (QED) is 0.654. The molecule has 3 atom stereocenters. The van der Waals surface area contributed by atoms with Crippen LogP contribution in [0, 0.1) is 0 Å². The third-order valence-electron chi connectivity index (χ3n) is 4.61. The lowest BCUT2D eigenvalue weighted by molar-refractivity contribution is -0.140. The Balaban J connectivity index is 1.83. The second kappa shape index (κ2) is 7.83. The number of alkyl halides is 3. The fourth-order valence-corrected chi connectivity index (χ4v) is 4.40. The molecule has 2 aromatic rings. The number of halogens is 3. The van der Waals surface area contributed by atoms with E-state index in [1.165, 1.54) is 13.8 Å². The molecule has 1 unspecified atom stereocenters. The van der Waals surface area contributed by atoms with Gasteiger partial charge in [-0.2, -0.15) is 18.2 Å². The SMILES string of the molecule is C=S(=O)(c1ccc(Nc2ncc(C(F)(F)F)c(O[C@H](C)[C@@H](C)O)n2)cc1)C1CC1. The third-order valence-corrected chi connectivity index (χ3v) is 7.23. The lowest BCUT2D eigenvalue weighted by Gasteiger charge is -2.20. The van der Waals surface area contributed by atoms with Crippen LogP contribution in [0.25, 0.3) is 0 Å². The summed E-state index contributed by atoms with van der Waals surface area (Å²) >= 11 is 0. The fraction of sp³-hybridized carbons (Fsp3) is 0.421. The molecule has 3 rings (SSSR count). The normalized spacial score (nSPS) is 18.6. The second-order valence-corrected chi connectivity index (χ2v) is 9.64. The molecule has 1 aromatic carbocycles. The molecular weight excluding hydrogens is 407 g/mol. The molecule has 0 spiro atoms. The van der Waals surface area contributed by atoms with Crippen LogP contribution in [0.1, 0.15) is 32.3 Å². The number of ether oxygens (including phenoxy) is 1. The van der Waals surface area contributed by atoms with Crippen LogP contribution < -0.4 is 10.1 Å². The molecule has 2 N–H and O–H groups in total. The van der Waals surface area contributed by atoms with E-state index in [2.05, 4.69) is 21.2 Å². The van der Waals surface area contributed by atoms with Crippen molar-refractivity contribution in [2.45, 2.75) is 55.2 Å². The number of aromatic nitrogens is 2. The van der Waals surface area contributed by atoms with Gasteiger partial charge in [0.05, 0.1) is 6.10 Å². The Morgan fingerprint density at radius 2 is 1.90 bits per heavy atom. The number of nitrogens with zero attached hydrogens (tertiary/aromatic N) is 2. The first-order valence-corrected chi connectivity index (χ1v) is 10.8. The van der Waals surface area contributed by atoms with Crippen LogP contribution in [-0.2, 0) is 15.7 Å². The number of benzene rings is 1. The van der Waals surface area contributed by atoms with Crippen molar-refractivity contribution in [1.29, 1.82) is 0 Å².